The molecular formula is C15H11BrF2O3. The maximum atomic E-state index is 13.6. The van der Waals surface area contributed by atoms with E-state index in [0.29, 0.717) is 15.6 Å². The predicted octanol–water partition coefficient (Wildman–Crippen LogP) is 3.93. The second-order valence-electron chi connectivity index (χ2n) is 4.33. The van der Waals surface area contributed by atoms with E-state index in [1.165, 1.54) is 6.07 Å². The molecule has 0 saturated carbocycles. The zero-order valence-electron chi connectivity index (χ0n) is 10.8. The van der Waals surface area contributed by atoms with E-state index in [1.807, 2.05) is 0 Å². The van der Waals surface area contributed by atoms with Crippen molar-refractivity contribution in [1.82, 2.24) is 0 Å². The molecule has 6 heteroatoms. The fourth-order valence-electron chi connectivity index (χ4n) is 1.83. The average molecular weight is 357 g/mol. The summed E-state index contributed by atoms with van der Waals surface area (Å²) in [4.78, 5) is 10.8. The minimum atomic E-state index is -1.08. The average Bonchev–Trinajstić information content (AvgIpc) is 2.42. The van der Waals surface area contributed by atoms with E-state index in [2.05, 4.69) is 15.9 Å². The summed E-state index contributed by atoms with van der Waals surface area (Å²) in [6, 6.07) is 9.09. The highest BCUT2D eigenvalue weighted by molar-refractivity contribution is 9.10. The molecule has 2 aromatic carbocycles. The van der Waals surface area contributed by atoms with Gasteiger partial charge in [-0.3, -0.25) is 4.79 Å². The van der Waals surface area contributed by atoms with Crippen molar-refractivity contribution in [3.8, 4) is 5.75 Å². The smallest absolute Gasteiger partial charge is 0.307 e. The maximum absolute atomic E-state index is 13.6. The highest BCUT2D eigenvalue weighted by atomic mass is 79.9. The van der Waals surface area contributed by atoms with Crippen molar-refractivity contribution in [2.45, 2.75) is 13.0 Å². The van der Waals surface area contributed by atoms with Gasteiger partial charge in [-0.1, -0.05) is 40.2 Å². The molecule has 21 heavy (non-hydrogen) atoms. The molecule has 0 fully saturated rings. The Bertz CT molecular complexity index is 674. The molecule has 110 valence electrons. The van der Waals surface area contributed by atoms with Crippen LogP contribution in [-0.4, -0.2) is 11.1 Å². The summed E-state index contributed by atoms with van der Waals surface area (Å²) >= 11 is 3.06. The lowest BCUT2D eigenvalue weighted by molar-refractivity contribution is -0.136. The first-order valence-electron chi connectivity index (χ1n) is 6.03. The Labute approximate surface area is 128 Å². The van der Waals surface area contributed by atoms with Crippen LogP contribution in [0.2, 0.25) is 0 Å². The van der Waals surface area contributed by atoms with Crippen LogP contribution in [0.3, 0.4) is 0 Å². The van der Waals surface area contributed by atoms with Gasteiger partial charge in [0, 0.05) is 4.47 Å². The van der Waals surface area contributed by atoms with E-state index in [1.54, 1.807) is 24.3 Å². The van der Waals surface area contributed by atoms with E-state index < -0.39 is 17.6 Å². The first kappa shape index (κ1) is 15.4. The van der Waals surface area contributed by atoms with Crippen LogP contribution in [0.25, 0.3) is 0 Å². The van der Waals surface area contributed by atoms with Crippen molar-refractivity contribution in [3.05, 3.63) is 63.6 Å². The zero-order valence-corrected chi connectivity index (χ0v) is 12.4. The highest BCUT2D eigenvalue weighted by Gasteiger charge is 2.13. The molecule has 0 spiro atoms. The number of hydrogen-bond donors (Lipinski definition) is 1. The first-order chi connectivity index (χ1) is 9.97. The molecule has 0 atom stereocenters. The monoisotopic (exact) mass is 356 g/mol. The lowest BCUT2D eigenvalue weighted by Crippen LogP contribution is -2.06. The van der Waals surface area contributed by atoms with Gasteiger partial charge in [-0.05, 0) is 23.3 Å². The summed E-state index contributed by atoms with van der Waals surface area (Å²) < 4.78 is 32.5. The van der Waals surface area contributed by atoms with Gasteiger partial charge in [0.05, 0.1) is 6.42 Å². The molecule has 0 aliphatic heterocycles. The third-order valence-corrected chi connectivity index (χ3v) is 3.26. The van der Waals surface area contributed by atoms with Gasteiger partial charge in [0.15, 0.2) is 11.6 Å². The number of carboxylic acids is 1. The normalized spacial score (nSPS) is 10.4. The van der Waals surface area contributed by atoms with Crippen molar-refractivity contribution < 1.29 is 23.4 Å². The Morgan fingerprint density at radius 2 is 1.86 bits per heavy atom. The van der Waals surface area contributed by atoms with Gasteiger partial charge < -0.3 is 9.84 Å². The third-order valence-electron chi connectivity index (χ3n) is 2.80. The van der Waals surface area contributed by atoms with E-state index in [9.17, 15) is 13.6 Å². The van der Waals surface area contributed by atoms with Gasteiger partial charge >= 0.3 is 5.97 Å². The largest absolute Gasteiger partial charge is 0.486 e. The van der Waals surface area contributed by atoms with Gasteiger partial charge in [-0.2, -0.15) is 4.39 Å². The van der Waals surface area contributed by atoms with Crippen LogP contribution in [0.1, 0.15) is 11.1 Å². The third kappa shape index (κ3) is 4.01. The van der Waals surface area contributed by atoms with Crippen molar-refractivity contribution in [2.24, 2.45) is 0 Å². The van der Waals surface area contributed by atoms with Gasteiger partial charge in [0.2, 0.25) is 5.82 Å². The lowest BCUT2D eigenvalue weighted by Gasteiger charge is -2.11. The van der Waals surface area contributed by atoms with E-state index in [-0.39, 0.29) is 18.8 Å². The second-order valence-corrected chi connectivity index (χ2v) is 5.24. The molecule has 0 heterocycles. The Balaban J connectivity index is 2.19. The number of rotatable bonds is 5. The van der Waals surface area contributed by atoms with Gasteiger partial charge in [-0.25, -0.2) is 4.39 Å². The molecule has 0 aliphatic rings. The SMILES string of the molecule is O=C(O)Cc1ccccc1COc1cc(Br)cc(F)c1F. The first-order valence-corrected chi connectivity index (χ1v) is 6.82. The summed E-state index contributed by atoms with van der Waals surface area (Å²) in [7, 11) is 0. The van der Waals surface area contributed by atoms with Crippen molar-refractivity contribution in [1.29, 1.82) is 0 Å². The van der Waals surface area contributed by atoms with Gasteiger partial charge in [-0.15, -0.1) is 0 Å². The van der Waals surface area contributed by atoms with Crippen molar-refractivity contribution in [3.63, 3.8) is 0 Å². The summed E-state index contributed by atoms with van der Waals surface area (Å²) in [5.74, 6) is -3.29. The minimum absolute atomic E-state index is 0.0454. The number of benzene rings is 2. The summed E-state index contributed by atoms with van der Waals surface area (Å²) in [5.41, 5.74) is 1.18. The molecule has 1 N–H and O–H groups in total. The number of hydrogen-bond acceptors (Lipinski definition) is 2. The summed E-state index contributed by atoms with van der Waals surface area (Å²) in [5, 5.41) is 8.84. The molecule has 0 amide bonds. The fourth-order valence-corrected chi connectivity index (χ4v) is 2.24. The molecule has 0 saturated heterocycles. The molecule has 0 bridgehead atoms. The minimum Gasteiger partial charge on any atom is -0.486 e. The van der Waals surface area contributed by atoms with Gasteiger partial charge in [0.25, 0.3) is 0 Å². The Morgan fingerprint density at radius 1 is 1.19 bits per heavy atom. The topological polar surface area (TPSA) is 46.5 Å². The number of carbonyl (C=O) groups is 1. The molecule has 0 radical (unpaired) electrons. The second kappa shape index (κ2) is 6.67. The van der Waals surface area contributed by atoms with E-state index in [0.717, 1.165) is 6.07 Å². The number of aliphatic carboxylic acids is 1. The lowest BCUT2D eigenvalue weighted by atomic mass is 10.1. The van der Waals surface area contributed by atoms with Crippen LogP contribution in [0.15, 0.2) is 40.9 Å². The summed E-state index contributed by atoms with van der Waals surface area (Å²) in [6.45, 7) is -0.0454. The van der Waals surface area contributed by atoms with E-state index >= 15 is 0 Å². The molecule has 2 aromatic rings. The van der Waals surface area contributed by atoms with Crippen LogP contribution in [-0.2, 0) is 17.8 Å². The highest BCUT2D eigenvalue weighted by Crippen LogP contribution is 2.26. The van der Waals surface area contributed by atoms with Gasteiger partial charge in [0.1, 0.15) is 6.61 Å². The molecule has 3 nitrogen and oxygen atoms in total. The van der Waals surface area contributed by atoms with E-state index in [4.69, 9.17) is 9.84 Å². The van der Waals surface area contributed by atoms with Crippen LogP contribution in [0.4, 0.5) is 8.78 Å². The quantitative estimate of drug-likeness (QED) is 0.825. The van der Waals surface area contributed by atoms with Crippen LogP contribution < -0.4 is 4.74 Å². The standard InChI is InChI=1S/C15H11BrF2O3/c16-11-6-12(17)15(18)13(7-11)21-8-10-4-2-1-3-9(10)5-14(19)20/h1-4,6-7H,5,8H2,(H,19,20). The fraction of sp³-hybridized carbons (Fsp3) is 0.133. The zero-order chi connectivity index (χ0) is 15.4. The van der Waals surface area contributed by atoms with Crippen LogP contribution >= 0.6 is 15.9 Å². The van der Waals surface area contributed by atoms with Crippen molar-refractivity contribution in [2.75, 3.05) is 0 Å². The van der Waals surface area contributed by atoms with Crippen LogP contribution in [0, 0.1) is 11.6 Å². The summed E-state index contributed by atoms with van der Waals surface area (Å²) in [6.07, 6.45) is -0.158. The molecule has 0 unspecified atom stereocenters. The Morgan fingerprint density at radius 3 is 2.52 bits per heavy atom. The molecular weight excluding hydrogens is 346 g/mol. The number of carboxylic acid groups (broad SMARTS) is 1. The molecule has 0 aliphatic carbocycles. The number of ether oxygens (including phenoxy) is 1. The molecule has 2 rings (SSSR count). The predicted molar refractivity (Wildman–Crippen MR) is 76.2 cm³/mol. The molecule has 0 aromatic heterocycles. The Hall–Kier alpha value is -1.95. The Kier molecular flexibility index (Phi) is 4.90. The number of halogens is 3. The maximum Gasteiger partial charge on any atom is 0.307 e. The van der Waals surface area contributed by atoms with Crippen molar-refractivity contribution >= 4 is 21.9 Å². The van der Waals surface area contributed by atoms with Crippen LogP contribution in [0.5, 0.6) is 5.75 Å².